The summed E-state index contributed by atoms with van der Waals surface area (Å²) in [5, 5.41) is 9.60. The van der Waals surface area contributed by atoms with Gasteiger partial charge in [-0.1, -0.05) is 30.3 Å². The molecule has 1 spiro atoms. The van der Waals surface area contributed by atoms with Gasteiger partial charge in [0.25, 0.3) is 0 Å². The molecule has 3 fully saturated rings. The van der Waals surface area contributed by atoms with E-state index in [4.69, 9.17) is 4.74 Å². The van der Waals surface area contributed by atoms with Gasteiger partial charge in [-0.25, -0.2) is 0 Å². The molecule has 2 aliphatic heterocycles. The first-order valence-corrected chi connectivity index (χ1v) is 9.93. The molecule has 0 radical (unpaired) electrons. The fraction of sp³-hybridized carbons (Fsp3) is 0.667. The third kappa shape index (κ3) is 3.17. The molecule has 1 atom stereocenters. The Morgan fingerprint density at radius 1 is 1.08 bits per heavy atom. The van der Waals surface area contributed by atoms with Crippen molar-refractivity contribution < 1.29 is 14.6 Å². The van der Waals surface area contributed by atoms with E-state index in [1.807, 2.05) is 6.07 Å². The number of carbonyl (C=O) groups is 1. The van der Waals surface area contributed by atoms with Gasteiger partial charge in [0, 0.05) is 52.5 Å². The molecule has 26 heavy (non-hydrogen) atoms. The van der Waals surface area contributed by atoms with Gasteiger partial charge >= 0.3 is 0 Å². The highest BCUT2D eigenvalue weighted by Crippen LogP contribution is 2.71. The van der Waals surface area contributed by atoms with E-state index in [9.17, 15) is 9.90 Å². The third-order valence-corrected chi connectivity index (χ3v) is 6.84. The zero-order valence-electron chi connectivity index (χ0n) is 15.5. The molecule has 5 nitrogen and oxygen atoms in total. The summed E-state index contributed by atoms with van der Waals surface area (Å²) in [6, 6.07) is 10.5. The van der Waals surface area contributed by atoms with Crippen LogP contribution in [0.5, 0.6) is 0 Å². The Hall–Kier alpha value is -1.43. The van der Waals surface area contributed by atoms with Crippen molar-refractivity contribution in [2.24, 2.45) is 10.8 Å². The van der Waals surface area contributed by atoms with Gasteiger partial charge in [0.2, 0.25) is 5.91 Å². The number of amides is 1. The summed E-state index contributed by atoms with van der Waals surface area (Å²) in [6.45, 7) is 6.00. The fourth-order valence-corrected chi connectivity index (χ4v) is 5.16. The second kappa shape index (κ2) is 7.29. The molecule has 1 N–H and O–H groups in total. The van der Waals surface area contributed by atoms with Crippen LogP contribution in [-0.2, 0) is 16.1 Å². The van der Waals surface area contributed by atoms with E-state index in [-0.39, 0.29) is 23.3 Å². The number of rotatable bonds is 5. The van der Waals surface area contributed by atoms with Crippen LogP contribution >= 0.6 is 0 Å². The smallest absolute Gasteiger partial charge is 0.229 e. The lowest BCUT2D eigenvalue weighted by atomic mass is 9.83. The van der Waals surface area contributed by atoms with E-state index in [2.05, 4.69) is 34.1 Å². The Kier molecular flexibility index (Phi) is 5.04. The van der Waals surface area contributed by atoms with Crippen LogP contribution < -0.4 is 0 Å². The van der Waals surface area contributed by atoms with Crippen molar-refractivity contribution in [2.45, 2.75) is 32.2 Å². The van der Waals surface area contributed by atoms with Gasteiger partial charge in [-0.05, 0) is 36.7 Å². The number of benzene rings is 1. The van der Waals surface area contributed by atoms with E-state index in [0.29, 0.717) is 6.42 Å². The number of aliphatic hydroxyl groups is 1. The molecule has 1 saturated carbocycles. The molecule has 5 heteroatoms. The highest BCUT2D eigenvalue weighted by atomic mass is 16.5. The number of carbonyl (C=O) groups excluding carboxylic acids is 1. The summed E-state index contributed by atoms with van der Waals surface area (Å²) >= 11 is 0. The molecule has 142 valence electrons. The maximum absolute atomic E-state index is 13.4. The topological polar surface area (TPSA) is 53.0 Å². The van der Waals surface area contributed by atoms with Gasteiger partial charge in [0.15, 0.2) is 0 Å². The van der Waals surface area contributed by atoms with E-state index in [0.717, 1.165) is 65.2 Å². The first-order chi connectivity index (χ1) is 12.7. The highest BCUT2D eigenvalue weighted by Gasteiger charge is 2.71. The molecule has 0 aromatic heterocycles. The highest BCUT2D eigenvalue weighted by molar-refractivity contribution is 5.87. The van der Waals surface area contributed by atoms with Gasteiger partial charge in [0.05, 0.1) is 5.41 Å². The summed E-state index contributed by atoms with van der Waals surface area (Å²) in [7, 11) is 0. The molecule has 0 bridgehead atoms. The lowest BCUT2D eigenvalue weighted by Crippen LogP contribution is -2.51. The Morgan fingerprint density at radius 2 is 1.77 bits per heavy atom. The second-order valence-corrected chi connectivity index (χ2v) is 8.18. The fourth-order valence-electron chi connectivity index (χ4n) is 5.16. The van der Waals surface area contributed by atoms with Crippen LogP contribution in [0, 0.1) is 10.8 Å². The quantitative estimate of drug-likeness (QED) is 0.874. The monoisotopic (exact) mass is 358 g/mol. The summed E-state index contributed by atoms with van der Waals surface area (Å²) in [5.41, 5.74) is 1.09. The van der Waals surface area contributed by atoms with Gasteiger partial charge in [-0.15, -0.1) is 0 Å². The van der Waals surface area contributed by atoms with Crippen molar-refractivity contribution >= 4 is 5.91 Å². The van der Waals surface area contributed by atoms with Gasteiger partial charge < -0.3 is 14.7 Å². The molecule has 2 saturated heterocycles. The average molecular weight is 358 g/mol. The van der Waals surface area contributed by atoms with Crippen molar-refractivity contribution in [3.8, 4) is 0 Å². The van der Waals surface area contributed by atoms with E-state index in [1.54, 1.807) is 0 Å². The molecule has 1 aromatic carbocycles. The van der Waals surface area contributed by atoms with Crippen LogP contribution in [-0.4, -0.2) is 66.8 Å². The van der Waals surface area contributed by atoms with Crippen LogP contribution in [0.1, 0.15) is 31.2 Å². The summed E-state index contributed by atoms with van der Waals surface area (Å²) < 4.78 is 5.52. The number of aliphatic hydroxyl groups excluding tert-OH is 1. The maximum Gasteiger partial charge on any atom is 0.229 e. The van der Waals surface area contributed by atoms with Crippen molar-refractivity contribution in [3.63, 3.8) is 0 Å². The zero-order chi connectivity index (χ0) is 18.0. The molecule has 1 amide bonds. The average Bonchev–Trinajstić information content (AvgIpc) is 3.29. The Labute approximate surface area is 155 Å². The zero-order valence-corrected chi connectivity index (χ0v) is 15.5. The van der Waals surface area contributed by atoms with Crippen LogP contribution in [0.25, 0.3) is 0 Å². The SMILES string of the molecule is O=C(N1CCN(Cc2ccccc2)CC1)[C@@]1(CCO)CC12CCOCC2. The van der Waals surface area contributed by atoms with Crippen LogP contribution in [0.3, 0.4) is 0 Å². The Balaban J connectivity index is 1.37. The van der Waals surface area contributed by atoms with Crippen molar-refractivity contribution in [1.29, 1.82) is 0 Å². The molecule has 3 aliphatic rings. The van der Waals surface area contributed by atoms with E-state index in [1.165, 1.54) is 5.56 Å². The minimum Gasteiger partial charge on any atom is -0.396 e. The largest absolute Gasteiger partial charge is 0.396 e. The first kappa shape index (κ1) is 18.0. The second-order valence-electron chi connectivity index (χ2n) is 8.18. The van der Waals surface area contributed by atoms with Gasteiger partial charge in [-0.3, -0.25) is 9.69 Å². The predicted octanol–water partition coefficient (Wildman–Crippen LogP) is 1.90. The standard InChI is InChI=1S/C21H30N2O3/c24-13-6-21(17-20(21)7-14-26-15-8-20)19(25)23-11-9-22(10-12-23)16-18-4-2-1-3-5-18/h1-5,24H,6-17H2/t21-/m1/s1. The summed E-state index contributed by atoms with van der Waals surface area (Å²) in [6.07, 6.45) is 3.47. The van der Waals surface area contributed by atoms with E-state index >= 15 is 0 Å². The molecule has 2 heterocycles. The normalized spacial score (nSPS) is 28.3. The van der Waals surface area contributed by atoms with Crippen molar-refractivity contribution in [1.82, 2.24) is 9.80 Å². The lowest BCUT2D eigenvalue weighted by molar-refractivity contribution is -0.142. The summed E-state index contributed by atoms with van der Waals surface area (Å²) in [5.74, 6) is 0.285. The maximum atomic E-state index is 13.4. The minimum atomic E-state index is -0.326. The summed E-state index contributed by atoms with van der Waals surface area (Å²) in [4.78, 5) is 17.8. The van der Waals surface area contributed by atoms with Crippen molar-refractivity contribution in [3.05, 3.63) is 35.9 Å². The lowest BCUT2D eigenvalue weighted by Gasteiger charge is -2.38. The number of hydrogen-bond donors (Lipinski definition) is 1. The molecule has 0 unspecified atom stereocenters. The minimum absolute atomic E-state index is 0.0895. The third-order valence-electron chi connectivity index (χ3n) is 6.84. The van der Waals surface area contributed by atoms with Crippen LogP contribution in [0.15, 0.2) is 30.3 Å². The van der Waals surface area contributed by atoms with Gasteiger partial charge in [-0.2, -0.15) is 0 Å². The molecular formula is C21H30N2O3. The number of hydrogen-bond acceptors (Lipinski definition) is 4. The number of piperazine rings is 1. The predicted molar refractivity (Wildman–Crippen MR) is 99.5 cm³/mol. The molecular weight excluding hydrogens is 328 g/mol. The number of ether oxygens (including phenoxy) is 1. The first-order valence-electron chi connectivity index (χ1n) is 9.93. The van der Waals surface area contributed by atoms with Crippen LogP contribution in [0.4, 0.5) is 0 Å². The van der Waals surface area contributed by atoms with E-state index < -0.39 is 0 Å². The molecule has 1 aromatic rings. The number of nitrogens with zero attached hydrogens (tertiary/aromatic N) is 2. The van der Waals surface area contributed by atoms with Crippen molar-refractivity contribution in [2.75, 3.05) is 46.0 Å². The Bertz CT molecular complexity index is 621. The van der Waals surface area contributed by atoms with Crippen LogP contribution in [0.2, 0.25) is 0 Å². The molecule has 1 aliphatic carbocycles. The Morgan fingerprint density at radius 3 is 2.42 bits per heavy atom. The van der Waals surface area contributed by atoms with Gasteiger partial charge in [0.1, 0.15) is 0 Å². The molecule has 4 rings (SSSR count).